The van der Waals surface area contributed by atoms with Gasteiger partial charge >= 0.3 is 0 Å². The van der Waals surface area contributed by atoms with Crippen molar-refractivity contribution >= 4 is 23.3 Å². The summed E-state index contributed by atoms with van der Waals surface area (Å²) in [6.45, 7) is 1.97. The molecular formula is C12H11NOS. The van der Waals surface area contributed by atoms with Crippen molar-refractivity contribution in [2.75, 3.05) is 5.73 Å². The van der Waals surface area contributed by atoms with Crippen molar-refractivity contribution in [2.24, 2.45) is 0 Å². The van der Waals surface area contributed by atoms with E-state index in [-0.39, 0.29) is 0 Å². The van der Waals surface area contributed by atoms with E-state index in [2.05, 4.69) is 0 Å². The molecule has 0 fully saturated rings. The standard InChI is InChI=1S/C12H11NOS/c1-8-2-3-9(6-11(8)13)10-4-5-15-12(10)7-14/h2-7H,13H2,1H3. The van der Waals surface area contributed by atoms with Gasteiger partial charge in [0.2, 0.25) is 0 Å². The van der Waals surface area contributed by atoms with E-state index in [1.54, 1.807) is 0 Å². The topological polar surface area (TPSA) is 43.1 Å². The first-order chi connectivity index (χ1) is 7.22. The molecule has 15 heavy (non-hydrogen) atoms. The van der Waals surface area contributed by atoms with Gasteiger partial charge in [0.1, 0.15) is 0 Å². The van der Waals surface area contributed by atoms with E-state index in [9.17, 15) is 4.79 Å². The van der Waals surface area contributed by atoms with Crippen LogP contribution in [-0.4, -0.2) is 6.29 Å². The van der Waals surface area contributed by atoms with E-state index in [1.807, 2.05) is 36.6 Å². The molecule has 0 amide bonds. The Labute approximate surface area is 92.4 Å². The van der Waals surface area contributed by atoms with Crippen LogP contribution in [-0.2, 0) is 0 Å². The van der Waals surface area contributed by atoms with Crippen molar-refractivity contribution in [1.29, 1.82) is 0 Å². The molecule has 2 N–H and O–H groups in total. The highest BCUT2D eigenvalue weighted by atomic mass is 32.1. The Morgan fingerprint density at radius 1 is 1.33 bits per heavy atom. The van der Waals surface area contributed by atoms with E-state index in [0.717, 1.165) is 33.5 Å². The monoisotopic (exact) mass is 217 g/mol. The fourth-order valence-corrected chi connectivity index (χ4v) is 2.18. The van der Waals surface area contributed by atoms with Crippen LogP contribution >= 0.6 is 11.3 Å². The smallest absolute Gasteiger partial charge is 0.160 e. The Morgan fingerprint density at radius 3 is 2.80 bits per heavy atom. The van der Waals surface area contributed by atoms with E-state index in [4.69, 9.17) is 5.73 Å². The molecule has 0 aliphatic rings. The SMILES string of the molecule is Cc1ccc(-c2ccsc2C=O)cc1N. The predicted octanol–water partition coefficient (Wildman–Crippen LogP) is 3.12. The number of nitrogens with two attached hydrogens (primary N) is 1. The lowest BCUT2D eigenvalue weighted by atomic mass is 10.0. The van der Waals surface area contributed by atoms with E-state index in [1.165, 1.54) is 11.3 Å². The Kier molecular flexibility index (Phi) is 2.56. The quantitative estimate of drug-likeness (QED) is 0.620. The third-order valence-corrected chi connectivity index (χ3v) is 3.23. The summed E-state index contributed by atoms with van der Waals surface area (Å²) < 4.78 is 0. The Balaban J connectivity index is 2.54. The first-order valence-corrected chi connectivity index (χ1v) is 5.49. The van der Waals surface area contributed by atoms with Crippen molar-refractivity contribution in [3.8, 4) is 11.1 Å². The highest BCUT2D eigenvalue weighted by molar-refractivity contribution is 7.12. The van der Waals surface area contributed by atoms with Crippen molar-refractivity contribution in [1.82, 2.24) is 0 Å². The highest BCUT2D eigenvalue weighted by Gasteiger charge is 2.06. The van der Waals surface area contributed by atoms with Gasteiger partial charge in [-0.25, -0.2) is 0 Å². The average molecular weight is 217 g/mol. The number of rotatable bonds is 2. The first-order valence-electron chi connectivity index (χ1n) is 4.61. The van der Waals surface area contributed by atoms with Crippen LogP contribution in [0.3, 0.4) is 0 Å². The molecular weight excluding hydrogens is 206 g/mol. The van der Waals surface area contributed by atoms with Gasteiger partial charge in [0.05, 0.1) is 4.88 Å². The summed E-state index contributed by atoms with van der Waals surface area (Å²) in [5.41, 5.74) is 9.61. The average Bonchev–Trinajstić information content (AvgIpc) is 2.70. The number of anilines is 1. The molecule has 2 rings (SSSR count). The van der Waals surface area contributed by atoms with Crippen LogP contribution in [0.2, 0.25) is 0 Å². The molecule has 76 valence electrons. The van der Waals surface area contributed by atoms with Crippen LogP contribution in [0.1, 0.15) is 15.2 Å². The molecule has 1 aromatic carbocycles. The minimum atomic E-state index is 0.748. The zero-order valence-electron chi connectivity index (χ0n) is 8.36. The maximum absolute atomic E-state index is 10.8. The van der Waals surface area contributed by atoms with E-state index < -0.39 is 0 Å². The summed E-state index contributed by atoms with van der Waals surface area (Å²) >= 11 is 1.45. The lowest BCUT2D eigenvalue weighted by Gasteiger charge is -2.04. The molecule has 0 spiro atoms. The fraction of sp³-hybridized carbons (Fsp3) is 0.0833. The Morgan fingerprint density at radius 2 is 2.13 bits per heavy atom. The maximum atomic E-state index is 10.8. The Hall–Kier alpha value is -1.61. The minimum Gasteiger partial charge on any atom is -0.398 e. The van der Waals surface area contributed by atoms with Crippen LogP contribution in [0.4, 0.5) is 5.69 Å². The van der Waals surface area contributed by atoms with Crippen LogP contribution in [0.25, 0.3) is 11.1 Å². The number of carbonyl (C=O) groups excluding carboxylic acids is 1. The number of thiophene rings is 1. The molecule has 0 bridgehead atoms. The van der Waals surface area contributed by atoms with Gasteiger partial charge in [-0.15, -0.1) is 11.3 Å². The van der Waals surface area contributed by atoms with Crippen LogP contribution in [0, 0.1) is 6.92 Å². The number of aryl methyl sites for hydroxylation is 1. The second-order valence-corrected chi connectivity index (χ2v) is 4.34. The molecule has 0 saturated carbocycles. The third kappa shape index (κ3) is 1.78. The van der Waals surface area contributed by atoms with Crippen LogP contribution in [0.5, 0.6) is 0 Å². The highest BCUT2D eigenvalue weighted by Crippen LogP contribution is 2.29. The van der Waals surface area contributed by atoms with Crippen molar-refractivity contribution in [3.63, 3.8) is 0 Å². The number of hydrogen-bond donors (Lipinski definition) is 1. The van der Waals surface area contributed by atoms with Crippen molar-refractivity contribution in [2.45, 2.75) is 6.92 Å². The zero-order chi connectivity index (χ0) is 10.8. The summed E-state index contributed by atoms with van der Waals surface area (Å²) in [5.74, 6) is 0. The molecule has 0 aliphatic heterocycles. The molecule has 0 atom stereocenters. The van der Waals surface area contributed by atoms with Gasteiger partial charge < -0.3 is 5.73 Å². The van der Waals surface area contributed by atoms with Crippen molar-refractivity contribution < 1.29 is 4.79 Å². The summed E-state index contributed by atoms with van der Waals surface area (Å²) in [6, 6.07) is 7.81. The molecule has 0 radical (unpaired) electrons. The van der Waals surface area contributed by atoms with E-state index >= 15 is 0 Å². The predicted molar refractivity (Wildman–Crippen MR) is 64.3 cm³/mol. The second-order valence-electron chi connectivity index (χ2n) is 3.39. The number of hydrogen-bond acceptors (Lipinski definition) is 3. The second kappa shape index (κ2) is 3.87. The summed E-state index contributed by atoms with van der Waals surface area (Å²) in [7, 11) is 0. The molecule has 0 saturated heterocycles. The number of carbonyl (C=O) groups is 1. The summed E-state index contributed by atoms with van der Waals surface area (Å²) in [5, 5.41) is 1.91. The molecule has 0 aliphatic carbocycles. The molecule has 2 aromatic rings. The van der Waals surface area contributed by atoms with Crippen LogP contribution < -0.4 is 5.73 Å². The fourth-order valence-electron chi connectivity index (χ4n) is 1.46. The van der Waals surface area contributed by atoms with Gasteiger partial charge in [-0.3, -0.25) is 4.79 Å². The van der Waals surface area contributed by atoms with Crippen molar-refractivity contribution in [3.05, 3.63) is 40.1 Å². The lowest BCUT2D eigenvalue weighted by Crippen LogP contribution is -1.90. The normalized spacial score (nSPS) is 10.2. The third-order valence-electron chi connectivity index (χ3n) is 2.39. The van der Waals surface area contributed by atoms with Crippen LogP contribution in [0.15, 0.2) is 29.6 Å². The zero-order valence-corrected chi connectivity index (χ0v) is 9.17. The van der Waals surface area contributed by atoms with Gasteiger partial charge in [0.25, 0.3) is 0 Å². The number of nitrogen functional groups attached to an aromatic ring is 1. The number of aldehydes is 1. The molecule has 1 heterocycles. The van der Waals surface area contributed by atoms with E-state index in [0.29, 0.717) is 0 Å². The number of benzene rings is 1. The summed E-state index contributed by atoms with van der Waals surface area (Å²) in [6.07, 6.45) is 0.885. The lowest BCUT2D eigenvalue weighted by molar-refractivity contribution is 0.112. The summed E-state index contributed by atoms with van der Waals surface area (Å²) in [4.78, 5) is 11.5. The van der Waals surface area contributed by atoms with Gasteiger partial charge in [-0.05, 0) is 35.6 Å². The molecule has 1 aromatic heterocycles. The largest absolute Gasteiger partial charge is 0.398 e. The first kappa shape index (κ1) is 9.93. The molecule has 0 unspecified atom stereocenters. The minimum absolute atomic E-state index is 0.748. The van der Waals surface area contributed by atoms with Gasteiger partial charge in [-0.1, -0.05) is 12.1 Å². The molecule has 2 nitrogen and oxygen atoms in total. The Bertz CT molecular complexity index is 502. The maximum Gasteiger partial charge on any atom is 0.160 e. The van der Waals surface area contributed by atoms with Gasteiger partial charge in [-0.2, -0.15) is 0 Å². The molecule has 3 heteroatoms. The van der Waals surface area contributed by atoms with Gasteiger partial charge in [0.15, 0.2) is 6.29 Å². The van der Waals surface area contributed by atoms with Gasteiger partial charge in [0, 0.05) is 11.3 Å².